The van der Waals surface area contributed by atoms with Gasteiger partial charge in [-0.05, 0) is 51.4 Å². The van der Waals surface area contributed by atoms with Crippen molar-refractivity contribution in [1.29, 1.82) is 0 Å². The van der Waals surface area contributed by atoms with Gasteiger partial charge in [-0.1, -0.05) is 0 Å². The molecule has 0 spiro atoms. The first-order valence-corrected chi connectivity index (χ1v) is 7.40. The Morgan fingerprint density at radius 2 is 2.28 bits per heavy atom. The largest absolute Gasteiger partial charge is 0.383 e. The molecule has 0 aromatic heterocycles. The third-order valence-corrected chi connectivity index (χ3v) is 4.19. The number of fused-ring (bicyclic) bond motifs is 1. The molecule has 0 aromatic rings. The molecule has 0 amide bonds. The smallest absolute Gasteiger partial charge is 0.166 e. The Morgan fingerprint density at radius 3 is 3.06 bits per heavy atom. The normalized spacial score (nSPS) is 29.7. The summed E-state index contributed by atoms with van der Waals surface area (Å²) in [7, 11) is 1.71. The number of hydrogen-bond donors (Lipinski definition) is 2. The van der Waals surface area contributed by atoms with Crippen molar-refractivity contribution in [3.8, 4) is 0 Å². The van der Waals surface area contributed by atoms with Crippen molar-refractivity contribution in [1.82, 2.24) is 15.5 Å². The van der Waals surface area contributed by atoms with Crippen LogP contribution in [0.4, 0.5) is 0 Å². The van der Waals surface area contributed by atoms with Gasteiger partial charge in [0.25, 0.3) is 0 Å². The van der Waals surface area contributed by atoms with Crippen molar-refractivity contribution in [2.45, 2.75) is 50.7 Å². The summed E-state index contributed by atoms with van der Waals surface area (Å²) in [5, 5.41) is 7.50. The maximum Gasteiger partial charge on any atom is 0.166 e. The minimum absolute atomic E-state index is 0.265. The van der Waals surface area contributed by atoms with E-state index in [1.807, 2.05) is 0 Å². The van der Waals surface area contributed by atoms with Crippen molar-refractivity contribution in [2.75, 3.05) is 26.8 Å². The maximum absolute atomic E-state index is 5.35. The fourth-order valence-electron chi connectivity index (χ4n) is 3.10. The number of piperidine rings is 1. The topological polar surface area (TPSA) is 36.5 Å². The van der Waals surface area contributed by atoms with Crippen LogP contribution >= 0.6 is 12.2 Å². The minimum atomic E-state index is 0.265. The molecule has 2 rings (SSSR count). The molecule has 0 radical (unpaired) electrons. The molecular formula is C13H25N3OS. The van der Waals surface area contributed by atoms with E-state index in [0.29, 0.717) is 12.6 Å². The zero-order valence-electron chi connectivity index (χ0n) is 11.4. The molecule has 0 aliphatic carbocycles. The van der Waals surface area contributed by atoms with Gasteiger partial charge >= 0.3 is 0 Å². The van der Waals surface area contributed by atoms with E-state index >= 15 is 0 Å². The fourth-order valence-corrected chi connectivity index (χ4v) is 3.47. The Bertz CT molecular complexity index is 287. The van der Waals surface area contributed by atoms with Gasteiger partial charge in [-0.15, -0.1) is 0 Å². The molecule has 5 heteroatoms. The van der Waals surface area contributed by atoms with E-state index in [0.717, 1.165) is 11.2 Å². The quantitative estimate of drug-likeness (QED) is 0.749. The summed E-state index contributed by atoms with van der Waals surface area (Å²) in [5.41, 5.74) is 0. The van der Waals surface area contributed by atoms with Gasteiger partial charge in [-0.2, -0.15) is 0 Å². The number of thiocarbonyl (C=S) groups is 1. The summed E-state index contributed by atoms with van der Waals surface area (Å²) < 4.78 is 5.09. The molecule has 18 heavy (non-hydrogen) atoms. The predicted molar refractivity (Wildman–Crippen MR) is 77.8 cm³/mol. The van der Waals surface area contributed by atoms with Gasteiger partial charge in [0.1, 0.15) is 0 Å². The van der Waals surface area contributed by atoms with Crippen LogP contribution in [0.2, 0.25) is 0 Å². The van der Waals surface area contributed by atoms with Crippen LogP contribution in [0.5, 0.6) is 0 Å². The van der Waals surface area contributed by atoms with Crippen molar-refractivity contribution < 1.29 is 4.74 Å². The van der Waals surface area contributed by atoms with Gasteiger partial charge in [0.05, 0.1) is 6.61 Å². The van der Waals surface area contributed by atoms with E-state index in [1.54, 1.807) is 7.11 Å². The lowest BCUT2D eigenvalue weighted by Gasteiger charge is -2.35. The lowest BCUT2D eigenvalue weighted by Crippen LogP contribution is -2.51. The Balaban J connectivity index is 1.71. The highest BCUT2D eigenvalue weighted by Crippen LogP contribution is 2.26. The van der Waals surface area contributed by atoms with Crippen LogP contribution in [0.15, 0.2) is 0 Å². The first-order chi connectivity index (χ1) is 8.69. The second kappa shape index (κ2) is 6.68. The lowest BCUT2D eigenvalue weighted by molar-refractivity contribution is 0.172. The highest BCUT2D eigenvalue weighted by atomic mass is 32.1. The average molecular weight is 271 g/mol. The number of ether oxygens (including phenoxy) is 1. The fraction of sp³-hybridized carbons (Fsp3) is 0.923. The van der Waals surface area contributed by atoms with Crippen molar-refractivity contribution in [3.05, 3.63) is 0 Å². The van der Waals surface area contributed by atoms with E-state index in [9.17, 15) is 0 Å². The number of rotatable bonds is 4. The molecule has 104 valence electrons. The monoisotopic (exact) mass is 271 g/mol. The summed E-state index contributed by atoms with van der Waals surface area (Å²) >= 11 is 5.35. The molecule has 2 N–H and O–H groups in total. The van der Waals surface area contributed by atoms with Crippen LogP contribution in [-0.2, 0) is 4.74 Å². The highest BCUT2D eigenvalue weighted by Gasteiger charge is 2.31. The molecule has 2 aliphatic rings. The van der Waals surface area contributed by atoms with Crippen LogP contribution in [0.25, 0.3) is 0 Å². The van der Waals surface area contributed by atoms with Crippen LogP contribution in [0, 0.1) is 0 Å². The molecule has 0 saturated carbocycles. The Morgan fingerprint density at radius 1 is 1.44 bits per heavy atom. The lowest BCUT2D eigenvalue weighted by atomic mass is 9.98. The first-order valence-electron chi connectivity index (χ1n) is 6.99. The number of nitrogens with one attached hydrogen (secondary N) is 2. The van der Waals surface area contributed by atoms with E-state index in [2.05, 4.69) is 22.5 Å². The molecule has 0 bridgehead atoms. The third kappa shape index (κ3) is 3.80. The molecule has 0 aromatic carbocycles. The van der Waals surface area contributed by atoms with Crippen molar-refractivity contribution in [3.63, 3.8) is 0 Å². The van der Waals surface area contributed by atoms with Gasteiger partial charge in [0.15, 0.2) is 5.11 Å². The summed E-state index contributed by atoms with van der Waals surface area (Å²) in [4.78, 5) is 2.63. The predicted octanol–water partition coefficient (Wildman–Crippen LogP) is 1.11. The first kappa shape index (κ1) is 14.0. The molecule has 2 aliphatic heterocycles. The standard InChI is InChI=1S/C13H25N3OS/c1-10(9-17-2)14-13(18)15-11-5-7-16-6-3-4-12(16)8-11/h10-12H,3-9H2,1-2H3,(H2,14,15,18). The second-order valence-electron chi connectivity index (χ2n) is 5.53. The van der Waals surface area contributed by atoms with Crippen molar-refractivity contribution >= 4 is 17.3 Å². The SMILES string of the molecule is COCC(C)NC(=S)NC1CCN2CCCC2C1. The number of nitrogens with zero attached hydrogens (tertiary/aromatic N) is 1. The van der Waals surface area contributed by atoms with E-state index in [4.69, 9.17) is 17.0 Å². The van der Waals surface area contributed by atoms with Gasteiger partial charge < -0.3 is 20.3 Å². The summed E-state index contributed by atoms with van der Waals surface area (Å²) in [6.07, 6.45) is 5.17. The molecule has 2 heterocycles. The van der Waals surface area contributed by atoms with Crippen LogP contribution in [-0.4, -0.2) is 54.9 Å². The molecule has 4 nitrogen and oxygen atoms in total. The maximum atomic E-state index is 5.35. The Hall–Kier alpha value is -0.390. The Kier molecular flexibility index (Phi) is 5.21. The van der Waals surface area contributed by atoms with Gasteiger partial charge in [-0.3, -0.25) is 0 Å². The third-order valence-electron chi connectivity index (χ3n) is 3.95. The van der Waals surface area contributed by atoms with Gasteiger partial charge in [0, 0.05) is 31.8 Å². The van der Waals surface area contributed by atoms with Gasteiger partial charge in [-0.25, -0.2) is 0 Å². The van der Waals surface area contributed by atoms with Crippen molar-refractivity contribution in [2.24, 2.45) is 0 Å². The second-order valence-corrected chi connectivity index (χ2v) is 5.94. The molecule has 2 saturated heterocycles. The average Bonchev–Trinajstić information content (AvgIpc) is 2.76. The van der Waals surface area contributed by atoms with Crippen LogP contribution in [0.3, 0.4) is 0 Å². The molecule has 3 atom stereocenters. The van der Waals surface area contributed by atoms with E-state index < -0.39 is 0 Å². The van der Waals surface area contributed by atoms with E-state index in [1.165, 1.54) is 38.8 Å². The summed E-state index contributed by atoms with van der Waals surface area (Å²) in [6, 6.07) is 1.59. The zero-order valence-corrected chi connectivity index (χ0v) is 12.3. The summed E-state index contributed by atoms with van der Waals surface area (Å²) in [5.74, 6) is 0. The Labute approximate surface area is 115 Å². The van der Waals surface area contributed by atoms with E-state index in [-0.39, 0.29) is 6.04 Å². The molecular weight excluding hydrogens is 246 g/mol. The zero-order chi connectivity index (χ0) is 13.0. The molecule has 3 unspecified atom stereocenters. The molecule has 2 fully saturated rings. The highest BCUT2D eigenvalue weighted by molar-refractivity contribution is 7.80. The number of hydrogen-bond acceptors (Lipinski definition) is 3. The van der Waals surface area contributed by atoms with Gasteiger partial charge in [0.2, 0.25) is 0 Å². The number of methoxy groups -OCH3 is 1. The summed E-state index contributed by atoms with van der Waals surface area (Å²) in [6.45, 7) is 5.28. The van der Waals surface area contributed by atoms with Crippen LogP contribution in [0.1, 0.15) is 32.6 Å². The minimum Gasteiger partial charge on any atom is -0.383 e. The van der Waals surface area contributed by atoms with Crippen LogP contribution < -0.4 is 10.6 Å².